The number of nitriles is 1. The van der Waals surface area contributed by atoms with Crippen molar-refractivity contribution in [2.75, 3.05) is 11.9 Å². The molecule has 0 spiro atoms. The fourth-order valence-corrected chi connectivity index (χ4v) is 2.22. The van der Waals surface area contributed by atoms with E-state index in [4.69, 9.17) is 10.00 Å². The van der Waals surface area contributed by atoms with Crippen LogP contribution in [0.3, 0.4) is 0 Å². The highest BCUT2D eigenvalue weighted by Gasteiger charge is 2.20. The zero-order valence-electron chi connectivity index (χ0n) is 14.0. The number of anilines is 1. The molecule has 5 heteroatoms. The maximum absolute atomic E-state index is 12.0. The third-order valence-corrected chi connectivity index (χ3v) is 3.43. The van der Waals surface area contributed by atoms with Crippen LogP contribution in [-0.2, 0) is 10.2 Å². The van der Waals surface area contributed by atoms with Crippen molar-refractivity contribution in [2.45, 2.75) is 26.2 Å². The molecule has 0 bridgehead atoms. The Labute approximate surface area is 141 Å². The number of ether oxygens (including phenoxy) is 1. The summed E-state index contributed by atoms with van der Waals surface area (Å²) in [5, 5.41) is 21.0. The summed E-state index contributed by atoms with van der Waals surface area (Å²) in [5.74, 6) is 0.345. The van der Waals surface area contributed by atoms with Gasteiger partial charge in [-0.15, -0.1) is 0 Å². The minimum atomic E-state index is -0.317. The van der Waals surface area contributed by atoms with Gasteiger partial charge in [0, 0.05) is 5.69 Å². The van der Waals surface area contributed by atoms with E-state index in [9.17, 15) is 9.90 Å². The number of nitrogens with zero attached hydrogens (tertiary/aromatic N) is 1. The minimum absolute atomic E-state index is 0.132. The van der Waals surface area contributed by atoms with Gasteiger partial charge in [0.15, 0.2) is 6.61 Å². The van der Waals surface area contributed by atoms with Gasteiger partial charge in [0.05, 0.1) is 11.6 Å². The average molecular weight is 324 g/mol. The molecule has 24 heavy (non-hydrogen) atoms. The standard InChI is InChI=1S/C19H20N2O3/c1-19(2,3)16-9-4-13(11-20)10-17(16)24-12-18(23)21-14-5-7-15(22)8-6-14/h4-10,22H,12H2,1-3H3,(H,21,23). The van der Waals surface area contributed by atoms with Crippen LogP contribution in [0.15, 0.2) is 42.5 Å². The summed E-state index contributed by atoms with van der Waals surface area (Å²) in [6, 6.07) is 13.5. The van der Waals surface area contributed by atoms with Crippen LogP contribution in [0.2, 0.25) is 0 Å². The molecule has 0 aliphatic rings. The molecule has 0 fully saturated rings. The highest BCUT2D eigenvalue weighted by Crippen LogP contribution is 2.32. The maximum Gasteiger partial charge on any atom is 0.262 e. The average Bonchev–Trinajstić information content (AvgIpc) is 2.54. The summed E-state index contributed by atoms with van der Waals surface area (Å²) in [7, 11) is 0. The molecule has 0 aromatic heterocycles. The highest BCUT2D eigenvalue weighted by molar-refractivity contribution is 5.91. The Morgan fingerprint density at radius 1 is 1.21 bits per heavy atom. The molecule has 2 aromatic rings. The summed E-state index contributed by atoms with van der Waals surface area (Å²) in [4.78, 5) is 12.0. The molecule has 0 aliphatic heterocycles. The minimum Gasteiger partial charge on any atom is -0.508 e. The topological polar surface area (TPSA) is 82.3 Å². The molecule has 5 nitrogen and oxygen atoms in total. The van der Waals surface area contributed by atoms with Crippen molar-refractivity contribution in [3.05, 3.63) is 53.6 Å². The lowest BCUT2D eigenvalue weighted by Gasteiger charge is -2.22. The van der Waals surface area contributed by atoms with Gasteiger partial charge in [-0.05, 0) is 47.4 Å². The van der Waals surface area contributed by atoms with E-state index >= 15 is 0 Å². The number of phenolic OH excluding ortho intramolecular Hbond substituents is 1. The van der Waals surface area contributed by atoms with Gasteiger partial charge < -0.3 is 15.2 Å². The first-order valence-corrected chi connectivity index (χ1v) is 7.56. The molecule has 0 aliphatic carbocycles. The van der Waals surface area contributed by atoms with Crippen LogP contribution in [0.4, 0.5) is 5.69 Å². The van der Waals surface area contributed by atoms with Crippen LogP contribution in [-0.4, -0.2) is 17.6 Å². The number of carbonyl (C=O) groups is 1. The van der Waals surface area contributed by atoms with Gasteiger partial charge in [-0.1, -0.05) is 26.8 Å². The Bertz CT molecular complexity index is 769. The van der Waals surface area contributed by atoms with Crippen molar-refractivity contribution >= 4 is 11.6 Å². The second-order valence-electron chi connectivity index (χ2n) is 6.46. The number of carbonyl (C=O) groups excluding carboxylic acids is 1. The molecule has 0 atom stereocenters. The van der Waals surface area contributed by atoms with Crippen molar-refractivity contribution in [3.8, 4) is 17.6 Å². The van der Waals surface area contributed by atoms with E-state index in [-0.39, 0.29) is 23.7 Å². The van der Waals surface area contributed by atoms with E-state index < -0.39 is 0 Å². The zero-order valence-corrected chi connectivity index (χ0v) is 14.0. The third kappa shape index (κ3) is 4.50. The van der Waals surface area contributed by atoms with Crippen LogP contribution in [0, 0.1) is 11.3 Å². The summed E-state index contributed by atoms with van der Waals surface area (Å²) >= 11 is 0. The molecule has 0 unspecified atom stereocenters. The van der Waals surface area contributed by atoms with Gasteiger partial charge in [0.25, 0.3) is 5.91 Å². The van der Waals surface area contributed by atoms with Crippen molar-refractivity contribution in [1.29, 1.82) is 5.26 Å². The number of benzene rings is 2. The van der Waals surface area contributed by atoms with Gasteiger partial charge in [0.2, 0.25) is 0 Å². The van der Waals surface area contributed by atoms with E-state index in [1.54, 1.807) is 24.3 Å². The molecule has 0 saturated carbocycles. The lowest BCUT2D eigenvalue weighted by Crippen LogP contribution is -2.22. The number of hydrogen-bond acceptors (Lipinski definition) is 4. The van der Waals surface area contributed by atoms with Crippen molar-refractivity contribution in [2.24, 2.45) is 0 Å². The third-order valence-electron chi connectivity index (χ3n) is 3.43. The Morgan fingerprint density at radius 2 is 1.88 bits per heavy atom. The molecule has 0 heterocycles. The molecule has 124 valence electrons. The predicted molar refractivity (Wildman–Crippen MR) is 92.1 cm³/mol. The van der Waals surface area contributed by atoms with Gasteiger partial charge in [-0.25, -0.2) is 0 Å². The Balaban J connectivity index is 2.09. The molecule has 2 rings (SSSR count). The highest BCUT2D eigenvalue weighted by atomic mass is 16.5. The van der Waals surface area contributed by atoms with E-state index in [1.807, 2.05) is 26.8 Å². The smallest absolute Gasteiger partial charge is 0.262 e. The molecule has 0 radical (unpaired) electrons. The lowest BCUT2D eigenvalue weighted by atomic mass is 9.86. The SMILES string of the molecule is CC(C)(C)c1ccc(C#N)cc1OCC(=O)Nc1ccc(O)cc1. The number of amides is 1. The summed E-state index contributed by atoms with van der Waals surface area (Å²) in [6.07, 6.45) is 0. The molecular formula is C19H20N2O3. The Morgan fingerprint density at radius 3 is 2.46 bits per heavy atom. The fourth-order valence-electron chi connectivity index (χ4n) is 2.22. The van der Waals surface area contributed by atoms with Crippen LogP contribution in [0.5, 0.6) is 11.5 Å². The second-order valence-corrected chi connectivity index (χ2v) is 6.46. The quantitative estimate of drug-likeness (QED) is 0.842. The van der Waals surface area contributed by atoms with Crippen molar-refractivity contribution in [1.82, 2.24) is 0 Å². The molecule has 1 amide bonds. The molecule has 2 aromatic carbocycles. The van der Waals surface area contributed by atoms with Gasteiger partial charge in [-0.3, -0.25) is 4.79 Å². The Kier molecular flexibility index (Phi) is 5.10. The monoisotopic (exact) mass is 324 g/mol. The van der Waals surface area contributed by atoms with Gasteiger partial charge in [-0.2, -0.15) is 5.26 Å². The van der Waals surface area contributed by atoms with Crippen molar-refractivity contribution < 1.29 is 14.6 Å². The lowest BCUT2D eigenvalue weighted by molar-refractivity contribution is -0.118. The van der Waals surface area contributed by atoms with Crippen LogP contribution < -0.4 is 10.1 Å². The van der Waals surface area contributed by atoms with Gasteiger partial charge >= 0.3 is 0 Å². The largest absolute Gasteiger partial charge is 0.508 e. The van der Waals surface area contributed by atoms with Gasteiger partial charge in [0.1, 0.15) is 11.5 Å². The first-order chi connectivity index (χ1) is 11.3. The first-order valence-electron chi connectivity index (χ1n) is 7.56. The first kappa shape index (κ1) is 17.4. The summed E-state index contributed by atoms with van der Waals surface area (Å²) in [5.41, 5.74) is 1.82. The van der Waals surface area contributed by atoms with E-state index in [0.717, 1.165) is 5.56 Å². The zero-order chi connectivity index (χ0) is 17.7. The fraction of sp³-hybridized carbons (Fsp3) is 0.263. The molecule has 0 saturated heterocycles. The van der Waals surface area contributed by atoms with Crippen molar-refractivity contribution in [3.63, 3.8) is 0 Å². The predicted octanol–water partition coefficient (Wildman–Crippen LogP) is 3.58. The second kappa shape index (κ2) is 7.05. The van der Waals surface area contributed by atoms with Crippen LogP contribution in [0.1, 0.15) is 31.9 Å². The molecule has 2 N–H and O–H groups in total. The van der Waals surface area contributed by atoms with E-state index in [0.29, 0.717) is 17.0 Å². The van der Waals surface area contributed by atoms with Crippen LogP contribution >= 0.6 is 0 Å². The normalized spacial score (nSPS) is 10.8. The molecular weight excluding hydrogens is 304 g/mol. The van der Waals surface area contributed by atoms with Crippen LogP contribution in [0.25, 0.3) is 0 Å². The number of nitrogens with one attached hydrogen (secondary N) is 1. The number of phenols is 1. The number of hydrogen-bond donors (Lipinski definition) is 2. The summed E-state index contributed by atoms with van der Waals surface area (Å²) < 4.78 is 5.65. The van der Waals surface area contributed by atoms with E-state index in [2.05, 4.69) is 11.4 Å². The van der Waals surface area contributed by atoms with E-state index in [1.165, 1.54) is 12.1 Å². The summed E-state index contributed by atoms with van der Waals surface area (Å²) in [6.45, 7) is 5.95. The maximum atomic E-state index is 12.0. The Hall–Kier alpha value is -3.00. The number of aromatic hydroxyl groups is 1. The number of rotatable bonds is 4.